The van der Waals surface area contributed by atoms with E-state index in [1.54, 1.807) is 0 Å². The van der Waals surface area contributed by atoms with Crippen LogP contribution in [0.25, 0.3) is 0 Å². The molecule has 4 rings (SSSR count). The van der Waals surface area contributed by atoms with Gasteiger partial charge in [-0.25, -0.2) is 0 Å². The van der Waals surface area contributed by atoms with Gasteiger partial charge in [0.2, 0.25) is 5.91 Å². The molecule has 2 unspecified atom stereocenters. The van der Waals surface area contributed by atoms with E-state index in [2.05, 4.69) is 79.2 Å². The summed E-state index contributed by atoms with van der Waals surface area (Å²) >= 11 is 0. The van der Waals surface area contributed by atoms with Crippen LogP contribution in [0.5, 0.6) is 0 Å². The Morgan fingerprint density at radius 2 is 1.82 bits per heavy atom. The lowest BCUT2D eigenvalue weighted by atomic mass is 9.82. The number of pyridine rings is 1. The number of amides is 1. The lowest BCUT2D eigenvalue weighted by Gasteiger charge is -2.49. The van der Waals surface area contributed by atoms with Crippen LogP contribution in [-0.2, 0) is 4.79 Å². The number of aromatic nitrogens is 1. The number of piperidine rings is 1. The molecule has 33 heavy (non-hydrogen) atoms. The van der Waals surface area contributed by atoms with E-state index in [4.69, 9.17) is 4.98 Å². The molecule has 2 aliphatic heterocycles. The van der Waals surface area contributed by atoms with Crippen LogP contribution >= 0.6 is 0 Å². The number of hydrogen-bond acceptors (Lipinski definition) is 4. The summed E-state index contributed by atoms with van der Waals surface area (Å²) in [7, 11) is 0. The summed E-state index contributed by atoms with van der Waals surface area (Å²) in [5, 5.41) is 3.42. The third kappa shape index (κ3) is 5.82. The molecule has 5 heteroatoms. The van der Waals surface area contributed by atoms with Crippen molar-refractivity contribution < 1.29 is 4.79 Å². The first-order valence-corrected chi connectivity index (χ1v) is 12.5. The van der Waals surface area contributed by atoms with E-state index in [0.717, 1.165) is 51.3 Å². The van der Waals surface area contributed by atoms with E-state index in [-0.39, 0.29) is 17.5 Å². The molecule has 0 spiro atoms. The van der Waals surface area contributed by atoms with Crippen molar-refractivity contribution in [3.8, 4) is 0 Å². The Balaban J connectivity index is 1.57. The number of carbonyl (C=O) groups is 1. The SMILES string of the molecule is Cc1ccc(C(c2ccccn2)N2CCN(C(=O)CC3CCNCC3)C(C(C)(C)C)C2)cc1. The van der Waals surface area contributed by atoms with Crippen molar-refractivity contribution in [3.63, 3.8) is 0 Å². The monoisotopic (exact) mass is 448 g/mol. The molecule has 2 atom stereocenters. The maximum atomic E-state index is 13.5. The number of aryl methyl sites for hydroxylation is 1. The molecule has 1 aromatic heterocycles. The van der Waals surface area contributed by atoms with E-state index in [9.17, 15) is 4.79 Å². The first-order chi connectivity index (χ1) is 15.8. The molecule has 0 saturated carbocycles. The molecule has 0 aliphatic carbocycles. The maximum absolute atomic E-state index is 13.5. The van der Waals surface area contributed by atoms with Crippen molar-refractivity contribution in [1.29, 1.82) is 0 Å². The largest absolute Gasteiger partial charge is 0.337 e. The highest BCUT2D eigenvalue weighted by Gasteiger charge is 2.40. The van der Waals surface area contributed by atoms with Gasteiger partial charge >= 0.3 is 0 Å². The van der Waals surface area contributed by atoms with Crippen LogP contribution in [0.3, 0.4) is 0 Å². The van der Waals surface area contributed by atoms with Crippen LogP contribution in [0.4, 0.5) is 0 Å². The van der Waals surface area contributed by atoms with Crippen LogP contribution in [0.2, 0.25) is 0 Å². The number of carbonyl (C=O) groups excluding carboxylic acids is 1. The molecule has 2 fully saturated rings. The van der Waals surface area contributed by atoms with Crippen LogP contribution in [0.15, 0.2) is 48.7 Å². The highest BCUT2D eigenvalue weighted by molar-refractivity contribution is 5.77. The lowest BCUT2D eigenvalue weighted by Crippen LogP contribution is -2.60. The molecular formula is C28H40N4O. The number of nitrogens with one attached hydrogen (secondary N) is 1. The standard InChI is InChI=1S/C28H40N4O/c1-21-8-10-23(11-9-21)27(24-7-5-6-14-30-24)31-17-18-32(25(20-31)28(2,3)4)26(33)19-22-12-15-29-16-13-22/h5-11,14,22,25,27,29H,12-13,15-20H2,1-4H3. The Hall–Kier alpha value is -2.24. The van der Waals surface area contributed by atoms with E-state index in [1.807, 2.05) is 12.3 Å². The second-order valence-corrected chi connectivity index (χ2v) is 10.9. The zero-order valence-electron chi connectivity index (χ0n) is 20.8. The fourth-order valence-corrected chi connectivity index (χ4v) is 5.38. The first-order valence-electron chi connectivity index (χ1n) is 12.5. The van der Waals surface area contributed by atoms with Gasteiger partial charge in [0.05, 0.1) is 11.7 Å². The van der Waals surface area contributed by atoms with Gasteiger partial charge in [0.15, 0.2) is 0 Å². The smallest absolute Gasteiger partial charge is 0.223 e. The highest BCUT2D eigenvalue weighted by atomic mass is 16.2. The third-order valence-corrected chi connectivity index (χ3v) is 7.38. The highest BCUT2D eigenvalue weighted by Crippen LogP contribution is 2.35. The van der Waals surface area contributed by atoms with Crippen LogP contribution in [0, 0.1) is 18.3 Å². The number of hydrogen-bond donors (Lipinski definition) is 1. The fraction of sp³-hybridized carbons (Fsp3) is 0.571. The van der Waals surface area contributed by atoms with Crippen molar-refractivity contribution in [1.82, 2.24) is 20.1 Å². The molecule has 2 saturated heterocycles. The molecule has 1 amide bonds. The van der Waals surface area contributed by atoms with Gasteiger partial charge in [-0.05, 0) is 61.9 Å². The second-order valence-electron chi connectivity index (χ2n) is 10.9. The summed E-state index contributed by atoms with van der Waals surface area (Å²) in [6, 6.07) is 15.3. The van der Waals surface area contributed by atoms with Gasteiger partial charge in [-0.1, -0.05) is 56.7 Å². The van der Waals surface area contributed by atoms with Crippen molar-refractivity contribution >= 4 is 5.91 Å². The summed E-state index contributed by atoms with van der Waals surface area (Å²) in [5.74, 6) is 0.859. The Morgan fingerprint density at radius 1 is 1.09 bits per heavy atom. The zero-order chi connectivity index (χ0) is 23.4. The molecule has 2 aromatic rings. The van der Waals surface area contributed by atoms with Gasteiger partial charge in [0.25, 0.3) is 0 Å². The van der Waals surface area contributed by atoms with Crippen LogP contribution in [-0.4, -0.2) is 59.5 Å². The Kier molecular flexibility index (Phi) is 7.50. The van der Waals surface area contributed by atoms with E-state index < -0.39 is 0 Å². The number of rotatable bonds is 5. The Labute approximate surface area is 199 Å². The molecule has 1 N–H and O–H groups in total. The summed E-state index contributed by atoms with van der Waals surface area (Å²) in [6.07, 6.45) is 4.80. The minimum absolute atomic E-state index is 0.00436. The minimum atomic E-state index is 0.00436. The summed E-state index contributed by atoms with van der Waals surface area (Å²) in [6.45, 7) is 13.5. The average Bonchev–Trinajstić information content (AvgIpc) is 2.81. The maximum Gasteiger partial charge on any atom is 0.223 e. The Morgan fingerprint density at radius 3 is 2.45 bits per heavy atom. The summed E-state index contributed by atoms with van der Waals surface area (Å²) in [5.41, 5.74) is 3.61. The summed E-state index contributed by atoms with van der Waals surface area (Å²) < 4.78 is 0. The summed E-state index contributed by atoms with van der Waals surface area (Å²) in [4.78, 5) is 22.9. The average molecular weight is 449 g/mol. The molecule has 0 radical (unpaired) electrons. The van der Waals surface area contributed by atoms with E-state index in [0.29, 0.717) is 18.2 Å². The third-order valence-electron chi connectivity index (χ3n) is 7.38. The Bertz CT molecular complexity index is 900. The van der Waals surface area contributed by atoms with E-state index >= 15 is 0 Å². The number of benzene rings is 1. The van der Waals surface area contributed by atoms with Crippen LogP contribution < -0.4 is 5.32 Å². The zero-order valence-corrected chi connectivity index (χ0v) is 20.8. The normalized spacial score (nSPS) is 21.7. The van der Waals surface area contributed by atoms with Crippen molar-refractivity contribution in [3.05, 3.63) is 65.5 Å². The topological polar surface area (TPSA) is 48.5 Å². The molecule has 3 heterocycles. The molecule has 0 bridgehead atoms. The van der Waals surface area contributed by atoms with Crippen molar-refractivity contribution in [2.75, 3.05) is 32.7 Å². The van der Waals surface area contributed by atoms with Crippen molar-refractivity contribution in [2.45, 2.75) is 59.0 Å². The minimum Gasteiger partial charge on any atom is -0.337 e. The van der Waals surface area contributed by atoms with Gasteiger partial charge in [-0.2, -0.15) is 0 Å². The van der Waals surface area contributed by atoms with Crippen molar-refractivity contribution in [2.24, 2.45) is 11.3 Å². The second kappa shape index (κ2) is 10.4. The van der Waals surface area contributed by atoms with Gasteiger partial charge < -0.3 is 10.2 Å². The van der Waals surface area contributed by atoms with E-state index in [1.165, 1.54) is 11.1 Å². The predicted octanol–water partition coefficient (Wildman–Crippen LogP) is 4.43. The number of piperazine rings is 1. The molecule has 5 nitrogen and oxygen atoms in total. The predicted molar refractivity (Wildman–Crippen MR) is 134 cm³/mol. The quantitative estimate of drug-likeness (QED) is 0.735. The molecular weight excluding hydrogens is 408 g/mol. The van der Waals surface area contributed by atoms with Gasteiger partial charge in [0, 0.05) is 38.3 Å². The lowest BCUT2D eigenvalue weighted by molar-refractivity contribution is -0.141. The molecule has 178 valence electrons. The molecule has 2 aliphatic rings. The van der Waals surface area contributed by atoms with Gasteiger partial charge in [0.1, 0.15) is 0 Å². The molecule has 1 aromatic carbocycles. The van der Waals surface area contributed by atoms with Gasteiger partial charge in [-0.3, -0.25) is 14.7 Å². The number of nitrogens with zero attached hydrogens (tertiary/aromatic N) is 3. The fourth-order valence-electron chi connectivity index (χ4n) is 5.38. The van der Waals surface area contributed by atoms with Crippen LogP contribution in [0.1, 0.15) is 62.9 Å². The van der Waals surface area contributed by atoms with Gasteiger partial charge in [-0.15, -0.1) is 0 Å². The first kappa shape index (κ1) is 23.9.